The average Bonchev–Trinajstić information content (AvgIpc) is 3.28. The van der Waals surface area contributed by atoms with Crippen molar-refractivity contribution in [2.45, 2.75) is 26.2 Å². The van der Waals surface area contributed by atoms with Gasteiger partial charge in [-0.3, -0.25) is 4.90 Å². The summed E-state index contributed by atoms with van der Waals surface area (Å²) in [6, 6.07) is 13.4. The second-order valence-electron chi connectivity index (χ2n) is 9.59. The minimum absolute atomic E-state index is 0. The van der Waals surface area contributed by atoms with Gasteiger partial charge in [0.15, 0.2) is 5.76 Å². The molecule has 0 amide bonds. The molecule has 1 fully saturated rings. The third-order valence-corrected chi connectivity index (χ3v) is 6.17. The maximum absolute atomic E-state index is 9.71. The first-order chi connectivity index (χ1) is 16.4. The SMILES string of the molecule is CC(C)(C)c1ccc2cc(-c3c/c(=N/O)c4cc(OCCN5CCOCC5)ccc4o3)ncn12.Cl. The number of benzene rings is 1. The summed E-state index contributed by atoms with van der Waals surface area (Å²) in [5, 5.41) is 14.3. The highest BCUT2D eigenvalue weighted by Gasteiger charge is 2.18. The number of fused-ring (bicyclic) bond motifs is 2. The Balaban J connectivity index is 0.00000289. The first-order valence-electron chi connectivity index (χ1n) is 11.6. The monoisotopic (exact) mass is 498 g/mol. The molecule has 4 heterocycles. The molecule has 0 unspecified atom stereocenters. The molecule has 0 atom stereocenters. The van der Waals surface area contributed by atoms with Crippen LogP contribution >= 0.6 is 12.4 Å². The summed E-state index contributed by atoms with van der Waals surface area (Å²) in [6.45, 7) is 11.3. The van der Waals surface area contributed by atoms with Crippen LogP contribution in [-0.2, 0) is 10.2 Å². The molecular formula is C26H31ClN4O4. The maximum Gasteiger partial charge on any atom is 0.155 e. The zero-order valence-electron chi connectivity index (χ0n) is 20.2. The largest absolute Gasteiger partial charge is 0.492 e. The van der Waals surface area contributed by atoms with Crippen LogP contribution in [0.5, 0.6) is 5.75 Å². The molecule has 0 aliphatic carbocycles. The van der Waals surface area contributed by atoms with Gasteiger partial charge in [-0.1, -0.05) is 25.9 Å². The van der Waals surface area contributed by atoms with E-state index in [1.165, 1.54) is 5.69 Å². The Morgan fingerprint density at radius 2 is 1.89 bits per heavy atom. The predicted molar refractivity (Wildman–Crippen MR) is 136 cm³/mol. The topological polar surface area (TPSA) is 84.7 Å². The second-order valence-corrected chi connectivity index (χ2v) is 9.59. The van der Waals surface area contributed by atoms with Crippen LogP contribution in [-0.4, -0.2) is 58.9 Å². The quantitative estimate of drug-likeness (QED) is 0.323. The number of ether oxygens (including phenoxy) is 2. The van der Waals surface area contributed by atoms with E-state index in [9.17, 15) is 5.21 Å². The smallest absolute Gasteiger partial charge is 0.155 e. The van der Waals surface area contributed by atoms with Crippen LogP contribution in [0, 0.1) is 0 Å². The van der Waals surface area contributed by atoms with Crippen molar-refractivity contribution in [1.29, 1.82) is 0 Å². The van der Waals surface area contributed by atoms with E-state index in [1.807, 2.05) is 30.6 Å². The van der Waals surface area contributed by atoms with Crippen molar-refractivity contribution in [3.8, 4) is 17.2 Å². The van der Waals surface area contributed by atoms with Crippen LogP contribution in [0.2, 0.25) is 0 Å². The van der Waals surface area contributed by atoms with Crippen LogP contribution in [0.3, 0.4) is 0 Å². The highest BCUT2D eigenvalue weighted by atomic mass is 35.5. The Labute approximate surface area is 210 Å². The van der Waals surface area contributed by atoms with E-state index in [0.717, 1.165) is 38.4 Å². The van der Waals surface area contributed by atoms with Gasteiger partial charge in [-0.25, -0.2) is 4.98 Å². The van der Waals surface area contributed by atoms with Gasteiger partial charge in [0.1, 0.15) is 35.3 Å². The van der Waals surface area contributed by atoms with Crippen molar-refractivity contribution in [3.05, 3.63) is 59.8 Å². The predicted octanol–water partition coefficient (Wildman–Crippen LogP) is 4.47. The third-order valence-electron chi connectivity index (χ3n) is 6.17. The van der Waals surface area contributed by atoms with E-state index in [2.05, 4.69) is 52.3 Å². The molecule has 8 nitrogen and oxygen atoms in total. The fourth-order valence-corrected chi connectivity index (χ4v) is 4.32. The summed E-state index contributed by atoms with van der Waals surface area (Å²) in [7, 11) is 0. The summed E-state index contributed by atoms with van der Waals surface area (Å²) >= 11 is 0. The van der Waals surface area contributed by atoms with E-state index >= 15 is 0 Å². The summed E-state index contributed by atoms with van der Waals surface area (Å²) < 4.78 is 19.6. The number of morpholine rings is 1. The third kappa shape index (κ3) is 5.29. The van der Waals surface area contributed by atoms with Gasteiger partial charge in [-0.15, -0.1) is 12.4 Å². The molecule has 9 heteroatoms. The Hall–Kier alpha value is -3.07. The van der Waals surface area contributed by atoms with Gasteiger partial charge in [0, 0.05) is 42.3 Å². The Kier molecular flexibility index (Phi) is 7.35. The maximum atomic E-state index is 9.71. The number of halogens is 1. The number of rotatable bonds is 5. The zero-order chi connectivity index (χ0) is 23.7. The highest BCUT2D eigenvalue weighted by molar-refractivity contribution is 5.85. The zero-order valence-corrected chi connectivity index (χ0v) is 21.0. The lowest BCUT2D eigenvalue weighted by Gasteiger charge is -2.26. The van der Waals surface area contributed by atoms with E-state index in [-0.39, 0.29) is 17.8 Å². The first kappa shape index (κ1) is 25.0. The molecule has 1 aliphatic heterocycles. The van der Waals surface area contributed by atoms with Crippen LogP contribution in [0.15, 0.2) is 58.4 Å². The molecule has 3 aromatic heterocycles. The molecule has 1 aliphatic rings. The average molecular weight is 499 g/mol. The summed E-state index contributed by atoms with van der Waals surface area (Å²) in [6.07, 6.45) is 1.81. The minimum atomic E-state index is 0. The molecule has 1 aromatic carbocycles. The first-order valence-corrected chi connectivity index (χ1v) is 11.6. The van der Waals surface area contributed by atoms with Crippen molar-refractivity contribution in [3.63, 3.8) is 0 Å². The highest BCUT2D eigenvalue weighted by Crippen LogP contribution is 2.28. The standard InChI is InChI=1S/C26H30N4O4.ClH/c1-26(2,3)25-7-4-18-14-22(27-17-30(18)25)24-16-21(28-31)20-15-19(5-6-23(20)34-24)33-13-10-29-8-11-32-12-9-29;/h4-7,14-17,31H,8-13H2,1-3H3;1H/b28-21-;. The Morgan fingerprint density at radius 3 is 2.63 bits per heavy atom. The number of aromatic nitrogens is 2. The molecule has 4 aromatic rings. The minimum Gasteiger partial charge on any atom is -0.492 e. The van der Waals surface area contributed by atoms with Gasteiger partial charge in [-0.2, -0.15) is 0 Å². The molecule has 5 rings (SSSR count). The van der Waals surface area contributed by atoms with Crippen molar-refractivity contribution in [2.75, 3.05) is 39.5 Å². The summed E-state index contributed by atoms with van der Waals surface area (Å²) in [5.41, 5.74) is 3.48. The van der Waals surface area contributed by atoms with Crippen LogP contribution in [0.4, 0.5) is 0 Å². The van der Waals surface area contributed by atoms with Crippen molar-refractivity contribution in [2.24, 2.45) is 5.16 Å². The lowest BCUT2D eigenvalue weighted by atomic mass is 9.92. The van der Waals surface area contributed by atoms with E-state index < -0.39 is 0 Å². The van der Waals surface area contributed by atoms with E-state index in [4.69, 9.17) is 13.9 Å². The van der Waals surface area contributed by atoms with Gasteiger partial charge in [0.25, 0.3) is 0 Å². The van der Waals surface area contributed by atoms with E-state index in [1.54, 1.807) is 6.07 Å². The molecule has 186 valence electrons. The Bertz CT molecular complexity index is 1380. The van der Waals surface area contributed by atoms with Crippen molar-refractivity contribution in [1.82, 2.24) is 14.3 Å². The molecule has 0 spiro atoms. The summed E-state index contributed by atoms with van der Waals surface area (Å²) in [4.78, 5) is 6.94. The van der Waals surface area contributed by atoms with Gasteiger partial charge in [-0.05, 0) is 36.4 Å². The molecule has 0 saturated carbocycles. The molecule has 0 radical (unpaired) electrons. The molecule has 1 saturated heterocycles. The fraction of sp³-hybridized carbons (Fsp3) is 0.385. The van der Waals surface area contributed by atoms with Crippen molar-refractivity contribution >= 4 is 28.9 Å². The molecule has 1 N–H and O–H groups in total. The number of nitrogens with zero attached hydrogens (tertiary/aromatic N) is 4. The van der Waals surface area contributed by atoms with Gasteiger partial charge in [0.05, 0.1) is 18.6 Å². The van der Waals surface area contributed by atoms with Crippen molar-refractivity contribution < 1.29 is 19.1 Å². The molecule has 35 heavy (non-hydrogen) atoms. The normalized spacial score (nSPS) is 15.5. The number of hydrogen-bond acceptors (Lipinski definition) is 7. The number of hydrogen-bond donors (Lipinski definition) is 1. The van der Waals surface area contributed by atoms with E-state index in [0.29, 0.717) is 40.1 Å². The summed E-state index contributed by atoms with van der Waals surface area (Å²) in [5.74, 6) is 1.23. The van der Waals surface area contributed by atoms with Crippen LogP contribution in [0.1, 0.15) is 26.5 Å². The lowest BCUT2D eigenvalue weighted by molar-refractivity contribution is 0.0322. The van der Waals surface area contributed by atoms with Gasteiger partial charge < -0.3 is 23.5 Å². The van der Waals surface area contributed by atoms with Crippen LogP contribution < -0.4 is 10.1 Å². The van der Waals surface area contributed by atoms with Gasteiger partial charge >= 0.3 is 0 Å². The van der Waals surface area contributed by atoms with Gasteiger partial charge in [0.2, 0.25) is 0 Å². The van der Waals surface area contributed by atoms with Crippen LogP contribution in [0.25, 0.3) is 27.9 Å². The molecule has 0 bridgehead atoms. The fourth-order valence-electron chi connectivity index (χ4n) is 4.32. The Morgan fingerprint density at radius 1 is 1.09 bits per heavy atom. The second kappa shape index (κ2) is 10.3. The lowest BCUT2D eigenvalue weighted by Crippen LogP contribution is -2.38. The molecular weight excluding hydrogens is 468 g/mol.